The normalized spacial score (nSPS) is 10.6. The van der Waals surface area contributed by atoms with Crippen molar-refractivity contribution >= 4 is 11.8 Å². The van der Waals surface area contributed by atoms with Crippen molar-refractivity contribution in [2.24, 2.45) is 5.92 Å². The van der Waals surface area contributed by atoms with E-state index in [9.17, 15) is 4.79 Å². The molecule has 0 bridgehead atoms. The van der Waals surface area contributed by atoms with E-state index >= 15 is 0 Å². The molecule has 0 spiro atoms. The Morgan fingerprint density at radius 2 is 2.29 bits per heavy atom. The second-order valence-corrected chi connectivity index (χ2v) is 3.55. The SMILES string of the molecule is COC(=O)c1c(N)n[nH]c1CC(C)C. The van der Waals surface area contributed by atoms with Crippen molar-refractivity contribution in [1.82, 2.24) is 10.2 Å². The van der Waals surface area contributed by atoms with Crippen LogP contribution in [0.15, 0.2) is 0 Å². The molecule has 0 aromatic carbocycles. The maximum absolute atomic E-state index is 11.3. The van der Waals surface area contributed by atoms with Gasteiger partial charge >= 0.3 is 5.97 Å². The first-order valence-electron chi connectivity index (χ1n) is 4.47. The topological polar surface area (TPSA) is 81.0 Å². The fourth-order valence-corrected chi connectivity index (χ4v) is 1.28. The van der Waals surface area contributed by atoms with Crippen molar-refractivity contribution in [3.63, 3.8) is 0 Å². The number of ether oxygens (including phenoxy) is 1. The van der Waals surface area contributed by atoms with Gasteiger partial charge in [-0.1, -0.05) is 13.8 Å². The van der Waals surface area contributed by atoms with Crippen molar-refractivity contribution in [3.05, 3.63) is 11.3 Å². The van der Waals surface area contributed by atoms with E-state index in [0.29, 0.717) is 11.5 Å². The molecule has 14 heavy (non-hydrogen) atoms. The van der Waals surface area contributed by atoms with E-state index in [2.05, 4.69) is 28.8 Å². The molecule has 5 nitrogen and oxygen atoms in total. The number of nitrogens with zero attached hydrogens (tertiary/aromatic N) is 1. The first-order valence-corrected chi connectivity index (χ1v) is 4.47. The van der Waals surface area contributed by atoms with Crippen LogP contribution in [-0.4, -0.2) is 23.3 Å². The second-order valence-electron chi connectivity index (χ2n) is 3.55. The standard InChI is InChI=1S/C9H15N3O2/c1-5(2)4-6-7(9(13)14-3)8(10)12-11-6/h5H,4H2,1-3H3,(H3,10,11,12). The summed E-state index contributed by atoms with van der Waals surface area (Å²) in [7, 11) is 1.33. The Bertz CT molecular complexity index is 331. The van der Waals surface area contributed by atoms with Crippen molar-refractivity contribution in [1.29, 1.82) is 0 Å². The van der Waals surface area contributed by atoms with Crippen molar-refractivity contribution in [2.75, 3.05) is 12.8 Å². The Morgan fingerprint density at radius 3 is 2.79 bits per heavy atom. The van der Waals surface area contributed by atoms with E-state index < -0.39 is 5.97 Å². The molecule has 0 fully saturated rings. The predicted octanol–water partition coefficient (Wildman–Crippen LogP) is 0.977. The van der Waals surface area contributed by atoms with Gasteiger partial charge < -0.3 is 10.5 Å². The van der Waals surface area contributed by atoms with Gasteiger partial charge in [0.2, 0.25) is 0 Å². The lowest BCUT2D eigenvalue weighted by Crippen LogP contribution is -2.08. The molecule has 0 aliphatic carbocycles. The molecule has 0 radical (unpaired) electrons. The third-order valence-electron chi connectivity index (χ3n) is 1.87. The summed E-state index contributed by atoms with van der Waals surface area (Å²) in [5, 5.41) is 6.54. The van der Waals surface area contributed by atoms with Gasteiger partial charge in [-0.3, -0.25) is 5.10 Å². The number of aromatic amines is 1. The van der Waals surface area contributed by atoms with E-state index in [-0.39, 0.29) is 5.82 Å². The number of hydrogen-bond donors (Lipinski definition) is 2. The first kappa shape index (κ1) is 10.6. The van der Waals surface area contributed by atoms with Crippen LogP contribution in [0.25, 0.3) is 0 Å². The number of methoxy groups -OCH3 is 1. The molecule has 0 saturated heterocycles. The number of hydrogen-bond acceptors (Lipinski definition) is 4. The highest BCUT2D eigenvalue weighted by Gasteiger charge is 2.19. The average Bonchev–Trinajstić information content (AvgIpc) is 2.45. The van der Waals surface area contributed by atoms with Crippen LogP contribution in [0.2, 0.25) is 0 Å². The van der Waals surface area contributed by atoms with Crippen LogP contribution in [0, 0.1) is 5.92 Å². The molecule has 0 aliphatic heterocycles. The first-order chi connectivity index (χ1) is 6.56. The Morgan fingerprint density at radius 1 is 1.64 bits per heavy atom. The molecule has 0 unspecified atom stereocenters. The zero-order chi connectivity index (χ0) is 10.7. The largest absolute Gasteiger partial charge is 0.465 e. The van der Waals surface area contributed by atoms with Gasteiger partial charge in [-0.05, 0) is 12.3 Å². The smallest absolute Gasteiger partial charge is 0.343 e. The van der Waals surface area contributed by atoms with Crippen LogP contribution < -0.4 is 5.73 Å². The molecule has 3 N–H and O–H groups in total. The third kappa shape index (κ3) is 2.04. The number of carbonyl (C=O) groups is 1. The zero-order valence-electron chi connectivity index (χ0n) is 8.63. The van der Waals surface area contributed by atoms with Gasteiger partial charge in [-0.25, -0.2) is 4.79 Å². The summed E-state index contributed by atoms with van der Waals surface area (Å²) in [6, 6.07) is 0. The van der Waals surface area contributed by atoms with E-state index in [4.69, 9.17) is 5.73 Å². The molecule has 1 rings (SSSR count). The highest BCUT2D eigenvalue weighted by molar-refractivity contribution is 5.95. The van der Waals surface area contributed by atoms with Crippen LogP contribution in [0.1, 0.15) is 29.9 Å². The molecule has 0 aliphatic rings. The molecule has 1 heterocycles. The molecule has 5 heteroatoms. The number of rotatable bonds is 3. The monoisotopic (exact) mass is 197 g/mol. The number of esters is 1. The van der Waals surface area contributed by atoms with Gasteiger partial charge in [-0.15, -0.1) is 0 Å². The minimum atomic E-state index is -0.438. The summed E-state index contributed by atoms with van der Waals surface area (Å²) in [6.07, 6.45) is 0.731. The minimum absolute atomic E-state index is 0.201. The van der Waals surface area contributed by atoms with Gasteiger partial charge in [0.1, 0.15) is 5.56 Å². The molecule has 1 aromatic rings. The number of nitrogens with one attached hydrogen (secondary N) is 1. The summed E-state index contributed by atoms with van der Waals surface area (Å²) in [5.41, 5.74) is 6.65. The maximum atomic E-state index is 11.3. The molecule has 0 saturated carbocycles. The van der Waals surface area contributed by atoms with Gasteiger partial charge in [-0.2, -0.15) is 5.10 Å². The van der Waals surface area contributed by atoms with Crippen LogP contribution in [0.5, 0.6) is 0 Å². The summed E-state index contributed by atoms with van der Waals surface area (Å²) < 4.78 is 4.62. The van der Waals surface area contributed by atoms with Gasteiger partial charge in [0, 0.05) is 0 Å². The summed E-state index contributed by atoms with van der Waals surface area (Å²) in [6.45, 7) is 4.11. The molecule has 1 aromatic heterocycles. The molecule has 0 amide bonds. The van der Waals surface area contributed by atoms with Crippen molar-refractivity contribution < 1.29 is 9.53 Å². The second kappa shape index (κ2) is 4.13. The molecule has 78 valence electrons. The fourth-order valence-electron chi connectivity index (χ4n) is 1.28. The van der Waals surface area contributed by atoms with Crippen LogP contribution in [0.4, 0.5) is 5.82 Å². The maximum Gasteiger partial charge on any atom is 0.343 e. The van der Waals surface area contributed by atoms with Gasteiger partial charge in [0.15, 0.2) is 5.82 Å². The Balaban J connectivity index is 3.00. The van der Waals surface area contributed by atoms with Crippen LogP contribution in [0.3, 0.4) is 0 Å². The molecular formula is C9H15N3O2. The number of aromatic nitrogens is 2. The van der Waals surface area contributed by atoms with Gasteiger partial charge in [0.05, 0.1) is 12.8 Å². The number of anilines is 1. The summed E-state index contributed by atoms with van der Waals surface area (Å²) in [4.78, 5) is 11.3. The fraction of sp³-hybridized carbons (Fsp3) is 0.556. The highest BCUT2D eigenvalue weighted by atomic mass is 16.5. The van der Waals surface area contributed by atoms with E-state index in [1.165, 1.54) is 7.11 Å². The zero-order valence-corrected chi connectivity index (χ0v) is 8.63. The summed E-state index contributed by atoms with van der Waals surface area (Å²) >= 11 is 0. The lowest BCUT2D eigenvalue weighted by Gasteiger charge is -2.04. The number of carbonyl (C=O) groups excluding carboxylic acids is 1. The van der Waals surface area contributed by atoms with E-state index in [0.717, 1.165) is 12.1 Å². The Hall–Kier alpha value is -1.52. The number of nitrogens with two attached hydrogens (primary N) is 1. The van der Waals surface area contributed by atoms with Crippen molar-refractivity contribution in [2.45, 2.75) is 20.3 Å². The quantitative estimate of drug-likeness (QED) is 0.707. The van der Waals surface area contributed by atoms with Crippen LogP contribution in [-0.2, 0) is 11.2 Å². The Kier molecular flexibility index (Phi) is 3.11. The number of H-pyrrole nitrogens is 1. The lowest BCUT2D eigenvalue weighted by atomic mass is 10.0. The molecular weight excluding hydrogens is 182 g/mol. The van der Waals surface area contributed by atoms with Crippen molar-refractivity contribution in [3.8, 4) is 0 Å². The highest BCUT2D eigenvalue weighted by Crippen LogP contribution is 2.17. The summed E-state index contributed by atoms with van der Waals surface area (Å²) in [5.74, 6) is 0.192. The molecule has 0 atom stereocenters. The third-order valence-corrected chi connectivity index (χ3v) is 1.87. The predicted molar refractivity (Wildman–Crippen MR) is 52.9 cm³/mol. The van der Waals surface area contributed by atoms with Gasteiger partial charge in [0.25, 0.3) is 0 Å². The number of nitrogen functional groups attached to an aromatic ring is 1. The average molecular weight is 197 g/mol. The van der Waals surface area contributed by atoms with E-state index in [1.54, 1.807) is 0 Å². The van der Waals surface area contributed by atoms with Crippen LogP contribution >= 0.6 is 0 Å². The minimum Gasteiger partial charge on any atom is -0.465 e. The van der Waals surface area contributed by atoms with E-state index in [1.807, 2.05) is 0 Å². The lowest BCUT2D eigenvalue weighted by molar-refractivity contribution is 0.0600. The Labute approximate surface area is 82.6 Å².